The number of amides is 1. The average molecular weight is 343 g/mol. The largest absolute Gasteiger partial charge is 0.326 e. The van der Waals surface area contributed by atoms with Crippen molar-refractivity contribution in [2.75, 3.05) is 11.6 Å². The highest BCUT2D eigenvalue weighted by Crippen LogP contribution is 2.28. The summed E-state index contributed by atoms with van der Waals surface area (Å²) in [4.78, 5) is 12.5. The summed E-state index contributed by atoms with van der Waals surface area (Å²) in [6.45, 7) is 6.11. The van der Waals surface area contributed by atoms with E-state index in [-0.39, 0.29) is 11.3 Å². The van der Waals surface area contributed by atoms with Crippen LogP contribution in [0.4, 0.5) is 5.69 Å². The lowest BCUT2D eigenvalue weighted by Crippen LogP contribution is -2.26. The van der Waals surface area contributed by atoms with Crippen LogP contribution in [-0.4, -0.2) is 16.4 Å². The molecule has 0 aliphatic rings. The second-order valence-electron chi connectivity index (χ2n) is 6.78. The van der Waals surface area contributed by atoms with E-state index in [0.29, 0.717) is 12.2 Å². The van der Waals surface area contributed by atoms with E-state index in [2.05, 4.69) is 31.3 Å². The first-order chi connectivity index (χ1) is 11.3. The Morgan fingerprint density at radius 1 is 1.08 bits per heavy atom. The molecule has 0 saturated carbocycles. The standard InChI is InChI=1S/C20H25NO2S/c1-15-16(14-24(4)23)9-8-12-18(15)21-19(22)13-20(2,3)17-10-6-5-7-11-17/h5-12H,13-14H2,1-4H3,(H,21,22)/t24-/m0/s1. The second-order valence-corrected chi connectivity index (χ2v) is 8.22. The van der Waals surface area contributed by atoms with Crippen LogP contribution in [0.15, 0.2) is 48.5 Å². The zero-order chi connectivity index (χ0) is 17.7. The summed E-state index contributed by atoms with van der Waals surface area (Å²) < 4.78 is 11.5. The monoisotopic (exact) mass is 343 g/mol. The van der Waals surface area contributed by atoms with Gasteiger partial charge >= 0.3 is 0 Å². The minimum Gasteiger partial charge on any atom is -0.326 e. The number of hydrogen-bond donors (Lipinski definition) is 1. The van der Waals surface area contributed by atoms with Gasteiger partial charge in [-0.3, -0.25) is 9.00 Å². The van der Waals surface area contributed by atoms with E-state index in [1.54, 1.807) is 6.26 Å². The van der Waals surface area contributed by atoms with Crippen molar-refractivity contribution < 1.29 is 9.00 Å². The van der Waals surface area contributed by atoms with Crippen molar-refractivity contribution >= 4 is 22.4 Å². The van der Waals surface area contributed by atoms with Crippen LogP contribution >= 0.6 is 0 Å². The Bertz CT molecular complexity index is 739. The van der Waals surface area contributed by atoms with Crippen molar-refractivity contribution in [2.24, 2.45) is 0 Å². The van der Waals surface area contributed by atoms with Gasteiger partial charge in [-0.1, -0.05) is 56.3 Å². The quantitative estimate of drug-likeness (QED) is 0.855. The summed E-state index contributed by atoms with van der Waals surface area (Å²) in [7, 11) is -0.901. The van der Waals surface area contributed by atoms with E-state index in [0.717, 1.165) is 22.4 Å². The molecule has 3 nitrogen and oxygen atoms in total. The zero-order valence-corrected chi connectivity index (χ0v) is 15.6. The van der Waals surface area contributed by atoms with Gasteiger partial charge in [0.1, 0.15) is 0 Å². The molecule has 2 aromatic rings. The lowest BCUT2D eigenvalue weighted by molar-refractivity contribution is -0.117. The summed E-state index contributed by atoms with van der Waals surface area (Å²) >= 11 is 0. The molecule has 24 heavy (non-hydrogen) atoms. The molecule has 1 N–H and O–H groups in total. The maximum atomic E-state index is 12.5. The Morgan fingerprint density at radius 2 is 1.75 bits per heavy atom. The highest BCUT2D eigenvalue weighted by atomic mass is 32.2. The van der Waals surface area contributed by atoms with Gasteiger partial charge < -0.3 is 5.32 Å². The van der Waals surface area contributed by atoms with Crippen LogP contribution < -0.4 is 5.32 Å². The fraction of sp³-hybridized carbons (Fsp3) is 0.350. The second kappa shape index (κ2) is 7.75. The first-order valence-electron chi connectivity index (χ1n) is 8.03. The molecule has 0 spiro atoms. The van der Waals surface area contributed by atoms with Gasteiger partial charge in [-0.25, -0.2) is 0 Å². The van der Waals surface area contributed by atoms with Crippen molar-refractivity contribution in [3.8, 4) is 0 Å². The summed E-state index contributed by atoms with van der Waals surface area (Å²) in [5.74, 6) is 0.493. The summed E-state index contributed by atoms with van der Waals surface area (Å²) in [6, 6.07) is 15.8. The van der Waals surface area contributed by atoms with E-state index < -0.39 is 10.8 Å². The lowest BCUT2D eigenvalue weighted by atomic mass is 9.81. The smallest absolute Gasteiger partial charge is 0.225 e. The number of benzene rings is 2. The van der Waals surface area contributed by atoms with Crippen molar-refractivity contribution in [1.29, 1.82) is 0 Å². The third-order valence-corrected chi connectivity index (χ3v) is 4.95. The fourth-order valence-corrected chi connectivity index (χ4v) is 3.53. The Hall–Kier alpha value is -1.94. The van der Waals surface area contributed by atoms with Gasteiger partial charge in [0.2, 0.25) is 5.91 Å². The SMILES string of the molecule is Cc1c(C[S@](C)=O)cccc1NC(=O)CC(C)(C)c1ccccc1. The summed E-state index contributed by atoms with van der Waals surface area (Å²) in [6.07, 6.45) is 2.09. The summed E-state index contributed by atoms with van der Waals surface area (Å²) in [5.41, 5.74) is 3.70. The molecule has 0 heterocycles. The molecular formula is C20H25NO2S. The van der Waals surface area contributed by atoms with Gasteiger partial charge in [0, 0.05) is 34.9 Å². The highest BCUT2D eigenvalue weighted by Gasteiger charge is 2.24. The minimum absolute atomic E-state index is 0.0123. The molecule has 0 saturated heterocycles. The van der Waals surface area contributed by atoms with Crippen LogP contribution in [0.5, 0.6) is 0 Å². The molecule has 0 aliphatic carbocycles. The molecular weight excluding hydrogens is 318 g/mol. The molecule has 0 fully saturated rings. The molecule has 2 aromatic carbocycles. The van der Waals surface area contributed by atoms with E-state index in [9.17, 15) is 9.00 Å². The molecule has 1 atom stereocenters. The molecule has 0 radical (unpaired) electrons. The molecule has 4 heteroatoms. The molecule has 2 rings (SSSR count). The number of carbonyl (C=O) groups excluding carboxylic acids is 1. The van der Waals surface area contributed by atoms with E-state index in [4.69, 9.17) is 0 Å². The molecule has 0 aliphatic heterocycles. The Morgan fingerprint density at radius 3 is 2.38 bits per heavy atom. The van der Waals surface area contributed by atoms with Gasteiger partial charge in [0.15, 0.2) is 0 Å². The maximum absolute atomic E-state index is 12.5. The molecule has 1 amide bonds. The minimum atomic E-state index is -0.901. The van der Waals surface area contributed by atoms with E-state index in [1.165, 1.54) is 0 Å². The van der Waals surface area contributed by atoms with Gasteiger partial charge in [-0.2, -0.15) is 0 Å². The van der Waals surface area contributed by atoms with Crippen molar-refractivity contribution in [1.82, 2.24) is 0 Å². The predicted octanol–water partition coefficient (Wildman–Crippen LogP) is 4.18. The van der Waals surface area contributed by atoms with Crippen LogP contribution in [-0.2, 0) is 26.8 Å². The van der Waals surface area contributed by atoms with Crippen LogP contribution in [0.3, 0.4) is 0 Å². The van der Waals surface area contributed by atoms with Gasteiger partial charge in [-0.05, 0) is 35.1 Å². The van der Waals surface area contributed by atoms with E-state index >= 15 is 0 Å². The van der Waals surface area contributed by atoms with Gasteiger partial charge in [-0.15, -0.1) is 0 Å². The molecule has 0 aromatic heterocycles. The highest BCUT2D eigenvalue weighted by molar-refractivity contribution is 7.83. The first-order valence-corrected chi connectivity index (χ1v) is 9.76. The Labute approximate surface area is 146 Å². The third kappa shape index (κ3) is 4.78. The molecule has 0 unspecified atom stereocenters. The van der Waals surface area contributed by atoms with E-state index in [1.807, 2.05) is 43.3 Å². The maximum Gasteiger partial charge on any atom is 0.225 e. The number of carbonyl (C=O) groups is 1. The Balaban J connectivity index is 2.11. The van der Waals surface area contributed by atoms with Crippen LogP contribution in [0, 0.1) is 6.92 Å². The van der Waals surface area contributed by atoms with Gasteiger partial charge in [0.05, 0.1) is 0 Å². The van der Waals surface area contributed by atoms with Crippen molar-refractivity contribution in [3.63, 3.8) is 0 Å². The number of hydrogen-bond acceptors (Lipinski definition) is 2. The van der Waals surface area contributed by atoms with Crippen LogP contribution in [0.25, 0.3) is 0 Å². The van der Waals surface area contributed by atoms with Crippen molar-refractivity contribution in [2.45, 2.75) is 38.4 Å². The third-order valence-electron chi connectivity index (χ3n) is 4.24. The topological polar surface area (TPSA) is 46.2 Å². The van der Waals surface area contributed by atoms with Crippen LogP contribution in [0.1, 0.15) is 37.0 Å². The first kappa shape index (κ1) is 18.4. The number of anilines is 1. The molecule has 128 valence electrons. The van der Waals surface area contributed by atoms with Crippen LogP contribution in [0.2, 0.25) is 0 Å². The lowest BCUT2D eigenvalue weighted by Gasteiger charge is -2.25. The van der Waals surface area contributed by atoms with Gasteiger partial charge in [0.25, 0.3) is 0 Å². The number of rotatable bonds is 6. The van der Waals surface area contributed by atoms with Crippen molar-refractivity contribution in [3.05, 3.63) is 65.2 Å². The average Bonchev–Trinajstić information content (AvgIpc) is 2.51. The predicted molar refractivity (Wildman–Crippen MR) is 102 cm³/mol. The number of nitrogens with one attached hydrogen (secondary N) is 1. The molecule has 0 bridgehead atoms. The summed E-state index contributed by atoms with van der Waals surface area (Å²) in [5, 5.41) is 3.01. The zero-order valence-electron chi connectivity index (χ0n) is 14.8. The Kier molecular flexibility index (Phi) is 5.94. The fourth-order valence-electron chi connectivity index (χ4n) is 2.78. The normalized spacial score (nSPS) is 12.7.